The van der Waals surface area contributed by atoms with E-state index in [0.29, 0.717) is 22.4 Å². The number of ether oxygens (including phenoxy) is 1. The maximum absolute atomic E-state index is 6.15. The van der Waals surface area contributed by atoms with Crippen LogP contribution in [0, 0.1) is 0 Å². The molecule has 1 heterocycles. The molecule has 0 saturated heterocycles. The number of benzene rings is 2. The number of rotatable bonds is 4. The van der Waals surface area contributed by atoms with E-state index in [9.17, 15) is 0 Å². The molecule has 0 radical (unpaired) electrons. The van der Waals surface area contributed by atoms with E-state index in [1.165, 1.54) is 0 Å². The molecule has 0 aliphatic carbocycles. The van der Waals surface area contributed by atoms with Gasteiger partial charge in [0, 0.05) is 23.1 Å². The summed E-state index contributed by atoms with van der Waals surface area (Å²) >= 11 is 12.1. The molecule has 0 unspecified atom stereocenters. The molecule has 23 heavy (non-hydrogen) atoms. The lowest BCUT2D eigenvalue weighted by molar-refractivity contribution is 0.415. The average Bonchev–Trinajstić information content (AvgIpc) is 2.56. The zero-order valence-corrected chi connectivity index (χ0v) is 14.0. The molecular weight excluding hydrogens is 331 g/mol. The van der Waals surface area contributed by atoms with Gasteiger partial charge in [-0.2, -0.15) is 0 Å². The second-order valence-corrected chi connectivity index (χ2v) is 5.85. The number of halogens is 2. The van der Waals surface area contributed by atoms with Crippen LogP contribution in [-0.4, -0.2) is 17.1 Å². The van der Waals surface area contributed by atoms with E-state index in [4.69, 9.17) is 27.9 Å². The molecule has 0 bridgehead atoms. The van der Waals surface area contributed by atoms with Crippen LogP contribution in [0.5, 0.6) is 5.75 Å². The maximum atomic E-state index is 6.15. The predicted octanol–water partition coefficient (Wildman–Crippen LogP) is 5.05. The molecule has 5 heteroatoms. The van der Waals surface area contributed by atoms with Crippen molar-refractivity contribution in [2.45, 2.75) is 6.42 Å². The standard InChI is InChI=1S/C18H14Cl2N2O/c1-23-15-8-4-13(5-9-15)16-11-17(20)22-18(21-16)10-12-2-6-14(19)7-3-12/h2-9,11H,10H2,1H3. The van der Waals surface area contributed by atoms with Gasteiger partial charge in [0.05, 0.1) is 12.8 Å². The molecule has 0 fully saturated rings. The number of nitrogens with zero attached hydrogens (tertiary/aromatic N) is 2. The van der Waals surface area contributed by atoms with E-state index in [1.54, 1.807) is 13.2 Å². The van der Waals surface area contributed by atoms with E-state index < -0.39 is 0 Å². The highest BCUT2D eigenvalue weighted by atomic mass is 35.5. The summed E-state index contributed by atoms with van der Waals surface area (Å²) in [6, 6.07) is 17.1. The minimum Gasteiger partial charge on any atom is -0.497 e. The van der Waals surface area contributed by atoms with Gasteiger partial charge in [0.25, 0.3) is 0 Å². The summed E-state index contributed by atoms with van der Waals surface area (Å²) in [6.07, 6.45) is 0.598. The number of methoxy groups -OCH3 is 1. The monoisotopic (exact) mass is 344 g/mol. The Bertz CT molecular complexity index is 802. The number of aromatic nitrogens is 2. The third kappa shape index (κ3) is 4.01. The molecule has 3 aromatic rings. The second kappa shape index (κ2) is 6.99. The Morgan fingerprint density at radius 3 is 2.26 bits per heavy atom. The molecule has 0 aliphatic rings. The molecule has 0 amide bonds. The predicted molar refractivity (Wildman–Crippen MR) is 93.3 cm³/mol. The first-order valence-electron chi connectivity index (χ1n) is 7.06. The van der Waals surface area contributed by atoms with Gasteiger partial charge in [-0.05, 0) is 42.0 Å². The third-order valence-electron chi connectivity index (χ3n) is 3.40. The molecule has 0 atom stereocenters. The van der Waals surface area contributed by atoms with Crippen LogP contribution >= 0.6 is 23.2 Å². The smallest absolute Gasteiger partial charge is 0.135 e. The number of hydrogen-bond donors (Lipinski definition) is 0. The van der Waals surface area contributed by atoms with E-state index in [0.717, 1.165) is 22.6 Å². The van der Waals surface area contributed by atoms with Gasteiger partial charge in [-0.3, -0.25) is 0 Å². The van der Waals surface area contributed by atoms with Gasteiger partial charge in [0.1, 0.15) is 16.7 Å². The zero-order chi connectivity index (χ0) is 16.2. The van der Waals surface area contributed by atoms with Crippen LogP contribution in [0.4, 0.5) is 0 Å². The average molecular weight is 345 g/mol. The van der Waals surface area contributed by atoms with Gasteiger partial charge in [0.15, 0.2) is 0 Å². The van der Waals surface area contributed by atoms with Crippen molar-refractivity contribution in [2.24, 2.45) is 0 Å². The van der Waals surface area contributed by atoms with E-state index in [1.807, 2.05) is 48.5 Å². The van der Waals surface area contributed by atoms with Crippen molar-refractivity contribution >= 4 is 23.2 Å². The fourth-order valence-electron chi connectivity index (χ4n) is 2.24. The molecule has 0 N–H and O–H groups in total. The summed E-state index contributed by atoms with van der Waals surface area (Å²) in [5.41, 5.74) is 2.83. The summed E-state index contributed by atoms with van der Waals surface area (Å²) in [4.78, 5) is 8.92. The van der Waals surface area contributed by atoms with Crippen molar-refractivity contribution in [2.75, 3.05) is 7.11 Å². The van der Waals surface area contributed by atoms with E-state index in [2.05, 4.69) is 9.97 Å². The normalized spacial score (nSPS) is 10.6. The third-order valence-corrected chi connectivity index (χ3v) is 3.85. The fourth-order valence-corrected chi connectivity index (χ4v) is 2.57. The quantitative estimate of drug-likeness (QED) is 0.621. The lowest BCUT2D eigenvalue weighted by Crippen LogP contribution is -1.99. The Morgan fingerprint density at radius 1 is 0.913 bits per heavy atom. The Morgan fingerprint density at radius 2 is 1.61 bits per heavy atom. The van der Waals surface area contributed by atoms with Gasteiger partial charge < -0.3 is 4.74 Å². The Balaban J connectivity index is 1.90. The van der Waals surface area contributed by atoms with Crippen molar-refractivity contribution in [3.05, 3.63) is 76.2 Å². The summed E-state index contributed by atoms with van der Waals surface area (Å²) < 4.78 is 5.17. The maximum Gasteiger partial charge on any atom is 0.135 e. The molecule has 2 aromatic carbocycles. The van der Waals surface area contributed by atoms with Gasteiger partial charge >= 0.3 is 0 Å². The van der Waals surface area contributed by atoms with Crippen LogP contribution < -0.4 is 4.74 Å². The topological polar surface area (TPSA) is 35.0 Å². The molecule has 3 rings (SSSR count). The van der Waals surface area contributed by atoms with Crippen LogP contribution in [-0.2, 0) is 6.42 Å². The Labute approximate surface area is 144 Å². The van der Waals surface area contributed by atoms with Crippen LogP contribution in [0.1, 0.15) is 11.4 Å². The van der Waals surface area contributed by atoms with Crippen molar-refractivity contribution in [3.8, 4) is 17.0 Å². The lowest BCUT2D eigenvalue weighted by atomic mass is 10.1. The molecule has 0 saturated carbocycles. The highest BCUT2D eigenvalue weighted by molar-refractivity contribution is 6.30. The first-order chi connectivity index (χ1) is 11.1. The van der Waals surface area contributed by atoms with Crippen molar-refractivity contribution < 1.29 is 4.74 Å². The summed E-state index contributed by atoms with van der Waals surface area (Å²) in [6.45, 7) is 0. The van der Waals surface area contributed by atoms with Crippen LogP contribution in [0.25, 0.3) is 11.3 Å². The van der Waals surface area contributed by atoms with E-state index >= 15 is 0 Å². The number of hydrogen-bond acceptors (Lipinski definition) is 3. The lowest BCUT2D eigenvalue weighted by Gasteiger charge is -2.07. The molecule has 116 valence electrons. The van der Waals surface area contributed by atoms with Gasteiger partial charge in [-0.1, -0.05) is 35.3 Å². The zero-order valence-electron chi connectivity index (χ0n) is 12.5. The Hall–Kier alpha value is -2.10. The minimum atomic E-state index is 0.426. The van der Waals surface area contributed by atoms with Gasteiger partial charge in [-0.15, -0.1) is 0 Å². The SMILES string of the molecule is COc1ccc(-c2cc(Cl)nc(Cc3ccc(Cl)cc3)n2)cc1. The largest absolute Gasteiger partial charge is 0.497 e. The van der Waals surface area contributed by atoms with Gasteiger partial charge in [0.2, 0.25) is 0 Å². The van der Waals surface area contributed by atoms with Crippen molar-refractivity contribution in [3.63, 3.8) is 0 Å². The minimum absolute atomic E-state index is 0.426. The first-order valence-corrected chi connectivity index (χ1v) is 7.82. The van der Waals surface area contributed by atoms with Crippen molar-refractivity contribution in [1.82, 2.24) is 9.97 Å². The Kier molecular flexibility index (Phi) is 4.79. The summed E-state index contributed by atoms with van der Waals surface area (Å²) in [5.74, 6) is 1.47. The van der Waals surface area contributed by atoms with Crippen LogP contribution in [0.3, 0.4) is 0 Å². The van der Waals surface area contributed by atoms with E-state index in [-0.39, 0.29) is 0 Å². The van der Waals surface area contributed by atoms with Crippen molar-refractivity contribution in [1.29, 1.82) is 0 Å². The molecular formula is C18H14Cl2N2O. The summed E-state index contributed by atoms with van der Waals surface area (Å²) in [5, 5.41) is 1.13. The first kappa shape index (κ1) is 15.8. The fraction of sp³-hybridized carbons (Fsp3) is 0.111. The highest BCUT2D eigenvalue weighted by Gasteiger charge is 2.07. The van der Waals surface area contributed by atoms with Gasteiger partial charge in [-0.25, -0.2) is 9.97 Å². The van der Waals surface area contributed by atoms with Crippen LogP contribution in [0.15, 0.2) is 54.6 Å². The molecule has 0 aliphatic heterocycles. The molecule has 0 spiro atoms. The molecule has 1 aromatic heterocycles. The highest BCUT2D eigenvalue weighted by Crippen LogP contribution is 2.23. The summed E-state index contributed by atoms with van der Waals surface area (Å²) in [7, 11) is 1.64. The van der Waals surface area contributed by atoms with Crippen LogP contribution in [0.2, 0.25) is 10.2 Å². The molecule has 3 nitrogen and oxygen atoms in total. The second-order valence-electron chi connectivity index (χ2n) is 5.02.